The smallest absolute Gasteiger partial charge is 0.142 e. The maximum Gasteiger partial charge on any atom is 0.142 e. The minimum absolute atomic E-state index is 0.174. The van der Waals surface area contributed by atoms with Crippen molar-refractivity contribution < 1.29 is 9.13 Å². The highest BCUT2D eigenvalue weighted by Gasteiger charge is 2.30. The van der Waals surface area contributed by atoms with Crippen LogP contribution in [0.15, 0.2) is 46.9 Å². The molecular weight excluding hydrogens is 333 g/mol. The highest BCUT2D eigenvalue weighted by molar-refractivity contribution is 9.10. The highest BCUT2D eigenvalue weighted by atomic mass is 79.9. The Morgan fingerprint density at radius 1 is 1.14 bits per heavy atom. The molecule has 2 nitrogen and oxygen atoms in total. The van der Waals surface area contributed by atoms with E-state index in [1.165, 1.54) is 17.7 Å². The van der Waals surface area contributed by atoms with Crippen molar-refractivity contribution in [2.45, 2.75) is 24.8 Å². The number of ether oxygens (including phenoxy) is 1. The molecule has 1 fully saturated rings. The van der Waals surface area contributed by atoms with Crippen molar-refractivity contribution >= 4 is 21.6 Å². The molecule has 0 radical (unpaired) electrons. The number of nitrogens with one attached hydrogen (secondary N) is 1. The van der Waals surface area contributed by atoms with E-state index in [9.17, 15) is 4.39 Å². The molecule has 21 heavy (non-hydrogen) atoms. The van der Waals surface area contributed by atoms with Crippen LogP contribution < -0.4 is 10.1 Å². The third-order valence-electron chi connectivity index (χ3n) is 4.00. The Kier molecular flexibility index (Phi) is 4.15. The summed E-state index contributed by atoms with van der Waals surface area (Å²) in [5.74, 6) is 1.19. The molecule has 1 aliphatic rings. The van der Waals surface area contributed by atoms with Crippen molar-refractivity contribution in [2.75, 3.05) is 12.4 Å². The van der Waals surface area contributed by atoms with Gasteiger partial charge in [0.1, 0.15) is 11.6 Å². The summed E-state index contributed by atoms with van der Waals surface area (Å²) in [5, 5.41) is 3.52. The van der Waals surface area contributed by atoms with Gasteiger partial charge in [0.15, 0.2) is 0 Å². The van der Waals surface area contributed by atoms with Crippen LogP contribution in [0, 0.1) is 5.82 Å². The average Bonchev–Trinajstić information content (AvgIpc) is 2.44. The Balaban J connectivity index is 1.62. The van der Waals surface area contributed by atoms with Crippen LogP contribution in [0.2, 0.25) is 0 Å². The van der Waals surface area contributed by atoms with Crippen molar-refractivity contribution in [1.82, 2.24) is 0 Å². The van der Waals surface area contributed by atoms with E-state index in [0.29, 0.717) is 12.0 Å². The summed E-state index contributed by atoms with van der Waals surface area (Å²) in [4.78, 5) is 0. The Morgan fingerprint density at radius 3 is 2.52 bits per heavy atom. The second kappa shape index (κ2) is 6.06. The lowest BCUT2D eigenvalue weighted by molar-refractivity contribution is 0.370. The molecule has 0 bridgehead atoms. The van der Waals surface area contributed by atoms with E-state index >= 15 is 0 Å². The number of rotatable bonds is 4. The lowest BCUT2D eigenvalue weighted by Crippen LogP contribution is -2.34. The molecule has 110 valence electrons. The molecule has 1 N–H and O–H groups in total. The van der Waals surface area contributed by atoms with Crippen LogP contribution in [0.1, 0.15) is 24.3 Å². The topological polar surface area (TPSA) is 21.3 Å². The summed E-state index contributed by atoms with van der Waals surface area (Å²) in [7, 11) is 1.68. The van der Waals surface area contributed by atoms with Crippen LogP contribution in [0.4, 0.5) is 10.1 Å². The molecule has 0 amide bonds. The van der Waals surface area contributed by atoms with Crippen molar-refractivity contribution in [2.24, 2.45) is 0 Å². The highest BCUT2D eigenvalue weighted by Crippen LogP contribution is 2.40. The van der Waals surface area contributed by atoms with E-state index in [0.717, 1.165) is 28.8 Å². The number of hydrogen-bond donors (Lipinski definition) is 1. The van der Waals surface area contributed by atoms with E-state index in [4.69, 9.17) is 4.74 Å². The summed E-state index contributed by atoms with van der Waals surface area (Å²) in [6, 6.07) is 13.2. The Labute approximate surface area is 132 Å². The maximum absolute atomic E-state index is 12.9. The molecule has 0 unspecified atom stereocenters. The zero-order valence-electron chi connectivity index (χ0n) is 11.8. The molecule has 0 spiro atoms. The molecule has 0 aliphatic heterocycles. The summed E-state index contributed by atoms with van der Waals surface area (Å²) in [6.07, 6.45) is 2.11. The van der Waals surface area contributed by atoms with Gasteiger partial charge >= 0.3 is 0 Å². The monoisotopic (exact) mass is 349 g/mol. The van der Waals surface area contributed by atoms with E-state index < -0.39 is 0 Å². The largest absolute Gasteiger partial charge is 0.495 e. The SMILES string of the molecule is COc1ccc(Br)cc1NC1CC(c2ccc(F)cc2)C1. The molecule has 2 aromatic carbocycles. The Hall–Kier alpha value is -1.55. The summed E-state index contributed by atoms with van der Waals surface area (Å²) in [5.41, 5.74) is 2.23. The zero-order chi connectivity index (χ0) is 14.8. The first kappa shape index (κ1) is 14.4. The number of halogens is 2. The minimum Gasteiger partial charge on any atom is -0.495 e. The van der Waals surface area contributed by atoms with Gasteiger partial charge in [0.05, 0.1) is 12.8 Å². The number of anilines is 1. The predicted molar refractivity (Wildman–Crippen MR) is 86.5 cm³/mol. The third kappa shape index (κ3) is 3.21. The van der Waals surface area contributed by atoms with Gasteiger partial charge in [0.2, 0.25) is 0 Å². The van der Waals surface area contributed by atoms with Gasteiger partial charge < -0.3 is 10.1 Å². The van der Waals surface area contributed by atoms with E-state index in [-0.39, 0.29) is 5.82 Å². The molecule has 1 saturated carbocycles. The summed E-state index contributed by atoms with van der Waals surface area (Å²) in [6.45, 7) is 0. The normalized spacial score (nSPS) is 20.7. The van der Waals surface area contributed by atoms with Crippen molar-refractivity contribution in [3.8, 4) is 5.75 Å². The lowest BCUT2D eigenvalue weighted by atomic mass is 9.76. The molecule has 3 rings (SSSR count). The van der Waals surface area contributed by atoms with Crippen LogP contribution in [0.25, 0.3) is 0 Å². The standard InChI is InChI=1S/C17H17BrFNO/c1-21-17-7-4-13(18)10-16(17)20-15-8-12(9-15)11-2-5-14(19)6-3-11/h2-7,10,12,15,20H,8-9H2,1H3. The van der Waals surface area contributed by atoms with Crippen LogP contribution in [-0.2, 0) is 0 Å². The first-order valence-electron chi connectivity index (χ1n) is 7.01. The Bertz CT molecular complexity index is 623. The molecule has 0 aromatic heterocycles. The molecule has 0 saturated heterocycles. The summed E-state index contributed by atoms with van der Waals surface area (Å²) < 4.78 is 19.3. The quantitative estimate of drug-likeness (QED) is 0.842. The second-order valence-corrected chi connectivity index (χ2v) is 6.32. The number of hydrogen-bond acceptors (Lipinski definition) is 2. The molecule has 2 aromatic rings. The van der Waals surface area contributed by atoms with Gasteiger partial charge in [0.25, 0.3) is 0 Å². The van der Waals surface area contributed by atoms with Crippen LogP contribution in [0.3, 0.4) is 0 Å². The second-order valence-electron chi connectivity index (χ2n) is 5.41. The molecule has 4 heteroatoms. The lowest BCUT2D eigenvalue weighted by Gasteiger charge is -2.37. The first-order chi connectivity index (χ1) is 10.2. The third-order valence-corrected chi connectivity index (χ3v) is 4.49. The van der Waals surface area contributed by atoms with Gasteiger partial charge in [0, 0.05) is 10.5 Å². The van der Waals surface area contributed by atoms with Crippen molar-refractivity contribution in [3.05, 3.63) is 58.3 Å². The predicted octanol–water partition coefficient (Wildman–Crippen LogP) is 4.95. The van der Waals surface area contributed by atoms with Gasteiger partial charge in [-0.1, -0.05) is 28.1 Å². The molecular formula is C17H17BrFNO. The maximum atomic E-state index is 12.9. The molecule has 0 heterocycles. The molecule has 1 aliphatic carbocycles. The fourth-order valence-corrected chi connectivity index (χ4v) is 3.12. The Morgan fingerprint density at radius 2 is 1.86 bits per heavy atom. The first-order valence-corrected chi connectivity index (χ1v) is 7.80. The van der Waals surface area contributed by atoms with Gasteiger partial charge in [-0.2, -0.15) is 0 Å². The van der Waals surface area contributed by atoms with Crippen molar-refractivity contribution in [3.63, 3.8) is 0 Å². The minimum atomic E-state index is -0.174. The van der Waals surface area contributed by atoms with E-state index in [1.54, 1.807) is 7.11 Å². The average molecular weight is 350 g/mol. The van der Waals surface area contributed by atoms with Gasteiger partial charge in [-0.05, 0) is 54.7 Å². The van der Waals surface area contributed by atoms with E-state index in [2.05, 4.69) is 21.2 Å². The molecule has 0 atom stereocenters. The van der Waals surface area contributed by atoms with Gasteiger partial charge in [-0.25, -0.2) is 4.39 Å². The van der Waals surface area contributed by atoms with Crippen LogP contribution in [-0.4, -0.2) is 13.2 Å². The van der Waals surface area contributed by atoms with Crippen LogP contribution in [0.5, 0.6) is 5.75 Å². The zero-order valence-corrected chi connectivity index (χ0v) is 13.4. The fraction of sp³-hybridized carbons (Fsp3) is 0.294. The van der Waals surface area contributed by atoms with Crippen LogP contribution >= 0.6 is 15.9 Å². The number of methoxy groups -OCH3 is 1. The van der Waals surface area contributed by atoms with Gasteiger partial charge in [-0.3, -0.25) is 0 Å². The number of benzene rings is 2. The van der Waals surface area contributed by atoms with Gasteiger partial charge in [-0.15, -0.1) is 0 Å². The fourth-order valence-electron chi connectivity index (χ4n) is 2.76. The van der Waals surface area contributed by atoms with E-state index in [1.807, 2.05) is 30.3 Å². The van der Waals surface area contributed by atoms with Crippen molar-refractivity contribution in [1.29, 1.82) is 0 Å². The summed E-state index contributed by atoms with van der Waals surface area (Å²) >= 11 is 3.48.